The van der Waals surface area contributed by atoms with Crippen molar-refractivity contribution in [3.8, 4) is 11.8 Å². The standard InChI is InChI=1S/C20H18FN3O3S/c1-14-19(24-28(25,26)13-12-16-8-4-3-5-9-16)15(2)23-20(22-14)27-18-11-7-6-10-17(18)21/h3-13,24H,1-2H3/b13-12+. The van der Waals surface area contributed by atoms with Crippen LogP contribution < -0.4 is 9.46 Å². The summed E-state index contributed by atoms with van der Waals surface area (Å²) >= 11 is 0. The monoisotopic (exact) mass is 399 g/mol. The van der Waals surface area contributed by atoms with E-state index in [0.29, 0.717) is 11.4 Å². The van der Waals surface area contributed by atoms with Crippen LogP contribution in [0.2, 0.25) is 0 Å². The molecule has 0 atom stereocenters. The van der Waals surface area contributed by atoms with Crippen LogP contribution in [0.15, 0.2) is 60.0 Å². The van der Waals surface area contributed by atoms with Crippen molar-refractivity contribution in [3.63, 3.8) is 0 Å². The largest absolute Gasteiger partial charge is 0.421 e. The highest BCUT2D eigenvalue weighted by Crippen LogP contribution is 2.25. The highest BCUT2D eigenvalue weighted by atomic mass is 32.2. The third-order valence-electron chi connectivity index (χ3n) is 3.77. The molecule has 0 fully saturated rings. The maximum absolute atomic E-state index is 13.7. The maximum atomic E-state index is 13.7. The average molecular weight is 399 g/mol. The minimum atomic E-state index is -3.77. The van der Waals surface area contributed by atoms with E-state index in [1.54, 1.807) is 38.1 Å². The van der Waals surface area contributed by atoms with E-state index in [9.17, 15) is 12.8 Å². The summed E-state index contributed by atoms with van der Waals surface area (Å²) in [7, 11) is -3.77. The van der Waals surface area contributed by atoms with E-state index < -0.39 is 15.8 Å². The van der Waals surface area contributed by atoms with Crippen molar-refractivity contribution in [2.75, 3.05) is 4.72 Å². The van der Waals surface area contributed by atoms with Gasteiger partial charge in [-0.05, 0) is 37.6 Å². The molecule has 1 aromatic heterocycles. The van der Waals surface area contributed by atoms with Gasteiger partial charge in [0.15, 0.2) is 11.6 Å². The van der Waals surface area contributed by atoms with Crippen LogP contribution in [0.3, 0.4) is 0 Å². The first kappa shape index (κ1) is 19.5. The molecule has 1 heterocycles. The number of hydrogen-bond donors (Lipinski definition) is 1. The number of ether oxygens (including phenoxy) is 1. The molecule has 2 aromatic carbocycles. The van der Waals surface area contributed by atoms with Crippen molar-refractivity contribution in [2.45, 2.75) is 13.8 Å². The Labute approximate surface area is 162 Å². The van der Waals surface area contributed by atoms with E-state index in [2.05, 4.69) is 14.7 Å². The number of hydrogen-bond acceptors (Lipinski definition) is 5. The van der Waals surface area contributed by atoms with Gasteiger partial charge in [-0.15, -0.1) is 0 Å². The van der Waals surface area contributed by atoms with E-state index in [1.165, 1.54) is 18.2 Å². The molecule has 0 bridgehead atoms. The van der Waals surface area contributed by atoms with Gasteiger partial charge in [-0.25, -0.2) is 12.8 Å². The molecule has 3 aromatic rings. The van der Waals surface area contributed by atoms with Crippen LogP contribution in [0.1, 0.15) is 17.0 Å². The lowest BCUT2D eigenvalue weighted by atomic mass is 10.2. The number of para-hydroxylation sites is 1. The molecule has 0 saturated carbocycles. The third-order valence-corrected chi connectivity index (χ3v) is 4.75. The lowest BCUT2D eigenvalue weighted by molar-refractivity contribution is 0.409. The molecule has 0 spiro atoms. The zero-order chi connectivity index (χ0) is 20.1. The van der Waals surface area contributed by atoms with Crippen LogP contribution in [0.25, 0.3) is 6.08 Å². The van der Waals surface area contributed by atoms with E-state index in [4.69, 9.17) is 4.74 Å². The van der Waals surface area contributed by atoms with Gasteiger partial charge in [0.2, 0.25) is 0 Å². The first-order valence-corrected chi connectivity index (χ1v) is 9.92. The molecule has 0 saturated heterocycles. The van der Waals surface area contributed by atoms with Crippen LogP contribution in [0.5, 0.6) is 11.8 Å². The summed E-state index contributed by atoms with van der Waals surface area (Å²) in [5, 5.41) is 1.07. The molecular weight excluding hydrogens is 381 g/mol. The van der Waals surface area contributed by atoms with E-state index in [1.807, 2.05) is 18.2 Å². The number of halogens is 1. The van der Waals surface area contributed by atoms with E-state index >= 15 is 0 Å². The molecule has 0 radical (unpaired) electrons. The smallest absolute Gasteiger partial charge is 0.322 e. The number of benzene rings is 2. The Kier molecular flexibility index (Phi) is 5.70. The molecule has 0 unspecified atom stereocenters. The Morgan fingerprint density at radius 1 is 0.964 bits per heavy atom. The minimum absolute atomic E-state index is 0.0135. The molecule has 1 N–H and O–H groups in total. The van der Waals surface area contributed by atoms with Gasteiger partial charge >= 0.3 is 6.01 Å². The minimum Gasteiger partial charge on any atom is -0.421 e. The molecular formula is C20H18FN3O3S. The van der Waals surface area contributed by atoms with Crippen molar-refractivity contribution in [1.82, 2.24) is 9.97 Å². The Morgan fingerprint density at radius 3 is 2.21 bits per heavy atom. The quantitative estimate of drug-likeness (QED) is 0.663. The van der Waals surface area contributed by atoms with Crippen LogP contribution in [0, 0.1) is 19.7 Å². The van der Waals surface area contributed by atoms with E-state index in [0.717, 1.165) is 11.0 Å². The molecule has 144 valence electrons. The summed E-state index contributed by atoms with van der Waals surface area (Å²) in [6.45, 7) is 3.23. The van der Waals surface area contributed by atoms with Crippen LogP contribution >= 0.6 is 0 Å². The number of aryl methyl sites for hydroxylation is 2. The van der Waals surface area contributed by atoms with Crippen molar-refractivity contribution in [1.29, 1.82) is 0 Å². The zero-order valence-electron chi connectivity index (χ0n) is 15.3. The number of rotatable bonds is 6. The number of nitrogens with zero attached hydrogens (tertiary/aromatic N) is 2. The molecule has 28 heavy (non-hydrogen) atoms. The second-order valence-electron chi connectivity index (χ2n) is 5.94. The number of sulfonamides is 1. The summed E-state index contributed by atoms with van der Waals surface area (Å²) in [5.74, 6) is -0.558. The van der Waals surface area contributed by atoms with Gasteiger partial charge in [0.05, 0.1) is 22.5 Å². The van der Waals surface area contributed by atoms with Gasteiger partial charge < -0.3 is 4.74 Å². The predicted molar refractivity (Wildman–Crippen MR) is 106 cm³/mol. The fraction of sp³-hybridized carbons (Fsp3) is 0.100. The van der Waals surface area contributed by atoms with Gasteiger partial charge in [0.1, 0.15) is 0 Å². The first-order valence-electron chi connectivity index (χ1n) is 8.37. The molecule has 8 heteroatoms. The van der Waals surface area contributed by atoms with Crippen LogP contribution in [0.4, 0.5) is 10.1 Å². The Bertz CT molecular complexity index is 1090. The topological polar surface area (TPSA) is 81.2 Å². The summed E-state index contributed by atoms with van der Waals surface area (Å²) in [4.78, 5) is 8.24. The van der Waals surface area contributed by atoms with Crippen molar-refractivity contribution in [3.05, 3.63) is 82.8 Å². The Morgan fingerprint density at radius 2 is 1.57 bits per heavy atom. The highest BCUT2D eigenvalue weighted by Gasteiger charge is 2.15. The van der Waals surface area contributed by atoms with Crippen molar-refractivity contribution >= 4 is 21.8 Å². The molecule has 6 nitrogen and oxygen atoms in total. The Balaban J connectivity index is 1.81. The molecule has 0 amide bonds. The maximum Gasteiger partial charge on any atom is 0.322 e. The van der Waals surface area contributed by atoms with Crippen LogP contribution in [-0.2, 0) is 10.0 Å². The van der Waals surface area contributed by atoms with Crippen LogP contribution in [-0.4, -0.2) is 18.4 Å². The highest BCUT2D eigenvalue weighted by molar-refractivity contribution is 7.95. The second-order valence-corrected chi connectivity index (χ2v) is 7.51. The predicted octanol–water partition coefficient (Wildman–Crippen LogP) is 4.44. The van der Waals surface area contributed by atoms with Gasteiger partial charge in [0, 0.05) is 0 Å². The molecule has 3 rings (SSSR count). The second kappa shape index (κ2) is 8.18. The SMILES string of the molecule is Cc1nc(Oc2ccccc2F)nc(C)c1NS(=O)(=O)/C=C/c1ccccc1. The fourth-order valence-electron chi connectivity index (χ4n) is 2.41. The van der Waals surface area contributed by atoms with Crippen molar-refractivity contribution in [2.24, 2.45) is 0 Å². The molecule has 0 aliphatic carbocycles. The Hall–Kier alpha value is -3.26. The normalized spacial score (nSPS) is 11.5. The summed E-state index contributed by atoms with van der Waals surface area (Å²) in [6, 6.07) is 14.9. The first-order chi connectivity index (χ1) is 13.3. The fourth-order valence-corrected chi connectivity index (χ4v) is 3.40. The lowest BCUT2D eigenvalue weighted by Crippen LogP contribution is -2.13. The summed E-state index contributed by atoms with van der Waals surface area (Å²) < 4.78 is 46.3. The average Bonchev–Trinajstić information content (AvgIpc) is 2.66. The van der Waals surface area contributed by atoms with Crippen molar-refractivity contribution < 1.29 is 17.5 Å². The number of anilines is 1. The number of aromatic nitrogens is 2. The lowest BCUT2D eigenvalue weighted by Gasteiger charge is -2.12. The van der Waals surface area contributed by atoms with Gasteiger partial charge in [0.25, 0.3) is 10.0 Å². The zero-order valence-corrected chi connectivity index (χ0v) is 16.1. The summed E-state index contributed by atoms with van der Waals surface area (Å²) in [6.07, 6.45) is 1.49. The van der Waals surface area contributed by atoms with Gasteiger partial charge in [-0.3, -0.25) is 4.72 Å². The van der Waals surface area contributed by atoms with Gasteiger partial charge in [-0.1, -0.05) is 42.5 Å². The molecule has 0 aliphatic heterocycles. The summed E-state index contributed by atoms with van der Waals surface area (Å²) in [5.41, 5.74) is 1.72. The van der Waals surface area contributed by atoms with Gasteiger partial charge in [-0.2, -0.15) is 9.97 Å². The third kappa shape index (κ3) is 4.92. The number of nitrogens with one attached hydrogen (secondary N) is 1. The molecule has 0 aliphatic rings. The van der Waals surface area contributed by atoms with E-state index in [-0.39, 0.29) is 17.4 Å².